The van der Waals surface area contributed by atoms with Gasteiger partial charge in [-0.15, -0.1) is 0 Å². The van der Waals surface area contributed by atoms with Gasteiger partial charge in [0.05, 0.1) is 19.4 Å². The average Bonchev–Trinajstić information content (AvgIpc) is 2.83. The summed E-state index contributed by atoms with van der Waals surface area (Å²) in [5, 5.41) is 2.80. The predicted molar refractivity (Wildman–Crippen MR) is 80.7 cm³/mol. The third-order valence-corrected chi connectivity index (χ3v) is 5.00. The quantitative estimate of drug-likeness (QED) is 0.775. The summed E-state index contributed by atoms with van der Waals surface area (Å²) >= 11 is 0. The molecule has 1 N–H and O–H groups in total. The molecule has 0 aliphatic carbocycles. The molecule has 1 aliphatic rings. The monoisotopic (exact) mass is 330 g/mol. The van der Waals surface area contributed by atoms with Crippen molar-refractivity contribution in [3.63, 3.8) is 0 Å². The Morgan fingerprint density at radius 3 is 2.86 bits per heavy atom. The number of aryl methyl sites for hydroxylation is 1. The Labute approximate surface area is 130 Å². The molecule has 1 fully saturated rings. The molecule has 22 heavy (non-hydrogen) atoms. The molecule has 0 spiro atoms. The van der Waals surface area contributed by atoms with Gasteiger partial charge in [0.15, 0.2) is 5.60 Å². The first-order chi connectivity index (χ1) is 10.2. The van der Waals surface area contributed by atoms with Crippen LogP contribution < -0.4 is 5.32 Å². The second kappa shape index (κ2) is 6.35. The summed E-state index contributed by atoms with van der Waals surface area (Å²) in [6.45, 7) is 5.03. The fourth-order valence-electron chi connectivity index (χ4n) is 2.37. The average molecular weight is 330 g/mol. The Morgan fingerprint density at radius 1 is 1.55 bits per heavy atom. The van der Waals surface area contributed by atoms with Gasteiger partial charge >= 0.3 is 0 Å². The minimum Gasteiger partial charge on any atom is -0.363 e. The fraction of sp³-hybridized carbons (Fsp3) is 0.692. The zero-order valence-electron chi connectivity index (χ0n) is 13.1. The molecule has 1 atom stereocenters. The van der Waals surface area contributed by atoms with E-state index in [0.29, 0.717) is 13.1 Å². The number of nitrogens with one attached hydrogen (secondary N) is 1. The lowest BCUT2D eigenvalue weighted by atomic mass is 10.0. The van der Waals surface area contributed by atoms with Gasteiger partial charge in [-0.25, -0.2) is 13.4 Å². The number of nitrogens with zero attached hydrogens (tertiary/aromatic N) is 3. The van der Waals surface area contributed by atoms with Crippen LogP contribution in [0.4, 0.5) is 0 Å². The van der Waals surface area contributed by atoms with E-state index in [1.54, 1.807) is 13.1 Å². The molecule has 124 valence electrons. The van der Waals surface area contributed by atoms with Crippen molar-refractivity contribution >= 4 is 15.9 Å². The number of carbonyl (C=O) groups excluding carboxylic acids is 1. The molecule has 0 saturated carbocycles. The number of hydrogen-bond donors (Lipinski definition) is 1. The summed E-state index contributed by atoms with van der Waals surface area (Å²) in [6, 6.07) is 0. The lowest BCUT2D eigenvalue weighted by Crippen LogP contribution is -2.59. The van der Waals surface area contributed by atoms with Crippen LogP contribution in [0, 0.1) is 6.92 Å². The number of hydrogen-bond acceptors (Lipinski definition) is 5. The number of rotatable bonds is 5. The van der Waals surface area contributed by atoms with E-state index in [4.69, 9.17) is 4.74 Å². The normalized spacial score (nSPS) is 23.4. The van der Waals surface area contributed by atoms with Gasteiger partial charge in [0.25, 0.3) is 5.91 Å². The summed E-state index contributed by atoms with van der Waals surface area (Å²) in [4.78, 5) is 16.4. The van der Waals surface area contributed by atoms with E-state index < -0.39 is 15.6 Å². The number of carbonyl (C=O) groups is 1. The number of morpholine rings is 1. The van der Waals surface area contributed by atoms with Crippen molar-refractivity contribution in [2.24, 2.45) is 0 Å². The maximum absolute atomic E-state index is 12.3. The zero-order valence-corrected chi connectivity index (χ0v) is 13.9. The first-order valence-electron chi connectivity index (χ1n) is 7.07. The highest BCUT2D eigenvalue weighted by molar-refractivity contribution is 7.88. The molecule has 8 nitrogen and oxygen atoms in total. The van der Waals surface area contributed by atoms with E-state index >= 15 is 0 Å². The summed E-state index contributed by atoms with van der Waals surface area (Å²) in [5.74, 6) is 0.566. The van der Waals surface area contributed by atoms with Gasteiger partial charge < -0.3 is 14.6 Å². The van der Waals surface area contributed by atoms with Crippen molar-refractivity contribution in [2.75, 3.05) is 32.5 Å². The van der Waals surface area contributed by atoms with Gasteiger partial charge in [0.2, 0.25) is 10.0 Å². The first-order valence-corrected chi connectivity index (χ1v) is 8.92. The van der Waals surface area contributed by atoms with Crippen molar-refractivity contribution in [2.45, 2.75) is 26.0 Å². The SMILES string of the molecule is Cc1nccn1CCNC(=O)[C@]1(C)CN(S(C)(=O)=O)CCO1. The highest BCUT2D eigenvalue weighted by Gasteiger charge is 2.41. The van der Waals surface area contributed by atoms with E-state index in [9.17, 15) is 13.2 Å². The number of sulfonamides is 1. The molecular weight excluding hydrogens is 308 g/mol. The maximum atomic E-state index is 12.3. The van der Waals surface area contributed by atoms with E-state index in [1.165, 1.54) is 4.31 Å². The first kappa shape index (κ1) is 16.9. The van der Waals surface area contributed by atoms with Crippen LogP contribution in [-0.2, 0) is 26.1 Å². The second-order valence-corrected chi connectivity index (χ2v) is 7.58. The number of ether oxygens (including phenoxy) is 1. The fourth-order valence-corrected chi connectivity index (χ4v) is 3.26. The second-order valence-electron chi connectivity index (χ2n) is 5.60. The largest absolute Gasteiger partial charge is 0.363 e. The van der Waals surface area contributed by atoms with E-state index in [1.807, 2.05) is 17.7 Å². The smallest absolute Gasteiger partial charge is 0.253 e. The molecule has 0 unspecified atom stereocenters. The third-order valence-electron chi connectivity index (χ3n) is 3.75. The van der Waals surface area contributed by atoms with Crippen molar-refractivity contribution in [1.29, 1.82) is 0 Å². The number of amides is 1. The van der Waals surface area contributed by atoms with Crippen LogP contribution in [0.25, 0.3) is 0 Å². The van der Waals surface area contributed by atoms with Crippen molar-refractivity contribution in [1.82, 2.24) is 19.2 Å². The lowest BCUT2D eigenvalue weighted by Gasteiger charge is -2.37. The minimum atomic E-state index is -3.33. The molecule has 1 aromatic rings. The molecule has 0 bridgehead atoms. The third kappa shape index (κ3) is 3.84. The molecule has 1 aliphatic heterocycles. The van der Waals surface area contributed by atoms with Crippen LogP contribution in [0.1, 0.15) is 12.7 Å². The van der Waals surface area contributed by atoms with Crippen molar-refractivity contribution < 1.29 is 17.9 Å². The number of aromatic nitrogens is 2. The van der Waals surface area contributed by atoms with Gasteiger partial charge in [-0.2, -0.15) is 4.31 Å². The molecule has 9 heteroatoms. The molecule has 1 saturated heterocycles. The standard InChI is InChI=1S/C13H22N4O4S/c1-11-14-4-6-16(11)7-5-15-12(18)13(2)10-17(8-9-21-13)22(3,19)20/h4,6H,5,7-10H2,1-3H3,(H,15,18)/t13-/m0/s1. The molecule has 2 rings (SSSR count). The Hall–Kier alpha value is -1.45. The van der Waals surface area contributed by atoms with Crippen LogP contribution >= 0.6 is 0 Å². The van der Waals surface area contributed by atoms with Crippen LogP contribution in [0.5, 0.6) is 0 Å². The molecule has 1 amide bonds. The van der Waals surface area contributed by atoms with Crippen LogP contribution in [-0.4, -0.2) is 66.3 Å². The molecule has 2 heterocycles. The van der Waals surface area contributed by atoms with Crippen LogP contribution in [0.3, 0.4) is 0 Å². The van der Waals surface area contributed by atoms with Gasteiger partial charge in [-0.05, 0) is 13.8 Å². The Morgan fingerprint density at radius 2 is 2.27 bits per heavy atom. The molecule has 0 aromatic carbocycles. The number of imidazole rings is 1. The van der Waals surface area contributed by atoms with E-state index in [-0.39, 0.29) is 25.6 Å². The van der Waals surface area contributed by atoms with E-state index in [2.05, 4.69) is 10.3 Å². The molecular formula is C13H22N4O4S. The summed E-state index contributed by atoms with van der Waals surface area (Å²) in [6.07, 6.45) is 4.68. The maximum Gasteiger partial charge on any atom is 0.253 e. The summed E-state index contributed by atoms with van der Waals surface area (Å²) in [7, 11) is -3.33. The van der Waals surface area contributed by atoms with E-state index in [0.717, 1.165) is 12.1 Å². The summed E-state index contributed by atoms with van der Waals surface area (Å²) < 4.78 is 32.0. The molecule has 0 radical (unpaired) electrons. The Balaban J connectivity index is 1.92. The lowest BCUT2D eigenvalue weighted by molar-refractivity contribution is -0.152. The van der Waals surface area contributed by atoms with Gasteiger partial charge in [0, 0.05) is 32.0 Å². The topological polar surface area (TPSA) is 93.5 Å². The summed E-state index contributed by atoms with van der Waals surface area (Å²) in [5.41, 5.74) is -1.16. The highest BCUT2D eigenvalue weighted by Crippen LogP contribution is 2.19. The Kier molecular flexibility index (Phi) is 4.88. The molecule has 1 aromatic heterocycles. The Bertz CT molecular complexity index is 642. The van der Waals surface area contributed by atoms with Gasteiger partial charge in [-0.3, -0.25) is 4.79 Å². The van der Waals surface area contributed by atoms with Crippen LogP contribution in [0.2, 0.25) is 0 Å². The van der Waals surface area contributed by atoms with Crippen molar-refractivity contribution in [3.8, 4) is 0 Å². The minimum absolute atomic E-state index is 0.0295. The van der Waals surface area contributed by atoms with Gasteiger partial charge in [-0.1, -0.05) is 0 Å². The zero-order chi connectivity index (χ0) is 16.4. The van der Waals surface area contributed by atoms with Gasteiger partial charge in [0.1, 0.15) is 5.82 Å². The van der Waals surface area contributed by atoms with Crippen molar-refractivity contribution in [3.05, 3.63) is 18.2 Å². The highest BCUT2D eigenvalue weighted by atomic mass is 32.2. The predicted octanol–water partition coefficient (Wildman–Crippen LogP) is -0.642. The van der Waals surface area contributed by atoms with Crippen LogP contribution in [0.15, 0.2) is 12.4 Å².